The maximum atomic E-state index is 12.2. The standard InChI is InChI=1S/C29H27F3N2O7/c30-29(31,32)41-25-11-7-20(8-12-25)28(37)40-24-9-4-19(5-10-24)6-13-26(35)38-14-2-1-3-15-39-27(36)21-16-22(33)18-23(34)17-21/h4-13,16-18H,1-3,14-15,33-34H2. The van der Waals surface area contributed by atoms with Crippen LogP contribution in [-0.4, -0.2) is 37.5 Å². The lowest BCUT2D eigenvalue weighted by molar-refractivity contribution is -0.274. The highest BCUT2D eigenvalue weighted by atomic mass is 19.4. The van der Waals surface area contributed by atoms with Gasteiger partial charge in [0.05, 0.1) is 24.3 Å². The van der Waals surface area contributed by atoms with E-state index in [0.29, 0.717) is 36.2 Å². The van der Waals surface area contributed by atoms with Crippen LogP contribution in [0, 0.1) is 0 Å². The van der Waals surface area contributed by atoms with E-state index in [1.54, 1.807) is 18.2 Å². The molecule has 0 radical (unpaired) electrons. The summed E-state index contributed by atoms with van der Waals surface area (Å²) in [5.41, 5.74) is 13.0. The zero-order valence-electron chi connectivity index (χ0n) is 21.7. The Morgan fingerprint density at radius 3 is 1.90 bits per heavy atom. The highest BCUT2D eigenvalue weighted by Crippen LogP contribution is 2.23. The van der Waals surface area contributed by atoms with Gasteiger partial charge in [0.1, 0.15) is 11.5 Å². The van der Waals surface area contributed by atoms with Crippen molar-refractivity contribution in [1.29, 1.82) is 0 Å². The number of hydrogen-bond acceptors (Lipinski definition) is 9. The van der Waals surface area contributed by atoms with Gasteiger partial charge in [0.15, 0.2) is 0 Å². The largest absolute Gasteiger partial charge is 0.573 e. The Hall–Kier alpha value is -5.00. The topological polar surface area (TPSA) is 140 Å². The molecule has 3 aromatic rings. The van der Waals surface area contributed by atoms with Gasteiger partial charge < -0.3 is 30.4 Å². The van der Waals surface area contributed by atoms with Crippen LogP contribution in [-0.2, 0) is 14.3 Å². The van der Waals surface area contributed by atoms with Gasteiger partial charge in [0.2, 0.25) is 0 Å². The first kappa shape index (κ1) is 30.5. The van der Waals surface area contributed by atoms with Gasteiger partial charge in [-0.05, 0) is 85.5 Å². The number of benzene rings is 3. The van der Waals surface area contributed by atoms with Gasteiger partial charge in [-0.3, -0.25) is 0 Å². The molecule has 0 fully saturated rings. The van der Waals surface area contributed by atoms with Crippen molar-refractivity contribution >= 4 is 35.4 Å². The maximum Gasteiger partial charge on any atom is 0.573 e. The van der Waals surface area contributed by atoms with Crippen LogP contribution in [0.2, 0.25) is 0 Å². The monoisotopic (exact) mass is 572 g/mol. The van der Waals surface area contributed by atoms with Gasteiger partial charge in [0.25, 0.3) is 0 Å². The predicted molar refractivity (Wildman–Crippen MR) is 144 cm³/mol. The minimum absolute atomic E-state index is 0.0376. The van der Waals surface area contributed by atoms with Crippen molar-refractivity contribution in [3.8, 4) is 11.5 Å². The molecule has 0 unspecified atom stereocenters. The van der Waals surface area contributed by atoms with Crippen molar-refractivity contribution in [2.45, 2.75) is 25.6 Å². The van der Waals surface area contributed by atoms with E-state index in [0.717, 1.165) is 24.3 Å². The van der Waals surface area contributed by atoms with Crippen LogP contribution < -0.4 is 20.9 Å². The second kappa shape index (κ2) is 14.4. The number of carbonyl (C=O) groups is 3. The molecule has 12 heteroatoms. The van der Waals surface area contributed by atoms with Gasteiger partial charge in [-0.1, -0.05) is 12.1 Å². The highest BCUT2D eigenvalue weighted by molar-refractivity contribution is 5.92. The van der Waals surface area contributed by atoms with E-state index in [1.807, 2.05) is 0 Å². The van der Waals surface area contributed by atoms with Crippen LogP contribution in [0.25, 0.3) is 6.08 Å². The fraction of sp³-hybridized carbons (Fsp3) is 0.207. The molecule has 9 nitrogen and oxygen atoms in total. The third-order valence-electron chi connectivity index (χ3n) is 5.31. The van der Waals surface area contributed by atoms with Crippen LogP contribution in [0.15, 0.2) is 72.8 Å². The number of ether oxygens (including phenoxy) is 4. The number of esters is 3. The Morgan fingerprint density at radius 2 is 1.29 bits per heavy atom. The number of halogens is 3. The highest BCUT2D eigenvalue weighted by Gasteiger charge is 2.31. The lowest BCUT2D eigenvalue weighted by Gasteiger charge is -2.09. The fourth-order valence-electron chi connectivity index (χ4n) is 3.41. The molecule has 4 N–H and O–H groups in total. The summed E-state index contributed by atoms with van der Waals surface area (Å²) in [4.78, 5) is 36.2. The van der Waals surface area contributed by atoms with Crippen molar-refractivity contribution in [3.63, 3.8) is 0 Å². The first-order valence-corrected chi connectivity index (χ1v) is 12.3. The zero-order valence-corrected chi connectivity index (χ0v) is 21.7. The summed E-state index contributed by atoms with van der Waals surface area (Å²) in [6, 6.07) is 15.0. The van der Waals surface area contributed by atoms with Crippen molar-refractivity contribution in [2.75, 3.05) is 24.7 Å². The summed E-state index contributed by atoms with van der Waals surface area (Å²) in [5, 5.41) is 0. The average molecular weight is 573 g/mol. The number of carbonyl (C=O) groups excluding carboxylic acids is 3. The van der Waals surface area contributed by atoms with Crippen molar-refractivity contribution in [2.24, 2.45) is 0 Å². The summed E-state index contributed by atoms with van der Waals surface area (Å²) in [6.07, 6.45) is -0.202. The fourth-order valence-corrected chi connectivity index (χ4v) is 3.41. The van der Waals surface area contributed by atoms with Crippen molar-refractivity contribution in [3.05, 3.63) is 89.5 Å². The Kier molecular flexibility index (Phi) is 10.7. The quantitative estimate of drug-likeness (QED) is 0.0939. The second-order valence-corrected chi connectivity index (χ2v) is 8.62. The lowest BCUT2D eigenvalue weighted by atomic mass is 10.2. The molecule has 0 aliphatic carbocycles. The number of hydrogen-bond donors (Lipinski definition) is 2. The van der Waals surface area contributed by atoms with Crippen molar-refractivity contribution < 1.29 is 46.5 Å². The minimum atomic E-state index is -4.83. The molecule has 0 bridgehead atoms. The minimum Gasteiger partial charge on any atom is -0.463 e. The average Bonchev–Trinajstić information content (AvgIpc) is 2.91. The SMILES string of the molecule is Nc1cc(N)cc(C(=O)OCCCCCOC(=O)C=Cc2ccc(OC(=O)c3ccc(OC(F)(F)F)cc3)cc2)c1. The second-order valence-electron chi connectivity index (χ2n) is 8.62. The van der Waals surface area contributed by atoms with E-state index in [2.05, 4.69) is 4.74 Å². The summed E-state index contributed by atoms with van der Waals surface area (Å²) >= 11 is 0. The van der Waals surface area contributed by atoms with E-state index in [1.165, 1.54) is 36.4 Å². The smallest absolute Gasteiger partial charge is 0.463 e. The molecule has 3 aromatic carbocycles. The first-order chi connectivity index (χ1) is 19.5. The van der Waals surface area contributed by atoms with Crippen LogP contribution in [0.3, 0.4) is 0 Å². The normalized spacial score (nSPS) is 11.2. The number of nitrogens with two attached hydrogens (primary N) is 2. The molecular weight excluding hydrogens is 545 g/mol. The molecule has 216 valence electrons. The molecule has 0 atom stereocenters. The zero-order chi connectivity index (χ0) is 29.8. The number of nitrogen functional groups attached to an aromatic ring is 2. The number of alkyl halides is 3. The first-order valence-electron chi connectivity index (χ1n) is 12.3. The van der Waals surface area contributed by atoms with Crippen LogP contribution in [0.5, 0.6) is 11.5 Å². The van der Waals surface area contributed by atoms with E-state index >= 15 is 0 Å². The summed E-state index contributed by atoms with van der Waals surface area (Å²) in [6.45, 7) is 0.400. The van der Waals surface area contributed by atoms with E-state index in [9.17, 15) is 27.6 Å². The Labute approximate surface area is 233 Å². The molecule has 0 aliphatic rings. The predicted octanol–water partition coefficient (Wildman–Crippen LogP) is 5.55. The van der Waals surface area contributed by atoms with Gasteiger partial charge in [-0.25, -0.2) is 14.4 Å². The van der Waals surface area contributed by atoms with E-state index < -0.39 is 30.0 Å². The number of anilines is 2. The van der Waals surface area contributed by atoms with E-state index in [-0.39, 0.29) is 30.1 Å². The molecule has 41 heavy (non-hydrogen) atoms. The third kappa shape index (κ3) is 10.9. The van der Waals surface area contributed by atoms with Gasteiger partial charge in [0, 0.05) is 17.5 Å². The molecule has 0 saturated carbocycles. The molecule has 0 heterocycles. The van der Waals surface area contributed by atoms with Crippen molar-refractivity contribution in [1.82, 2.24) is 0 Å². The molecular formula is C29H27F3N2O7. The summed E-state index contributed by atoms with van der Waals surface area (Å²) < 4.78 is 56.0. The van der Waals surface area contributed by atoms with Crippen LogP contribution >= 0.6 is 0 Å². The van der Waals surface area contributed by atoms with Gasteiger partial charge in [-0.2, -0.15) is 0 Å². The molecule has 0 amide bonds. The molecule has 0 spiro atoms. The molecule has 0 aromatic heterocycles. The van der Waals surface area contributed by atoms with Gasteiger partial charge in [-0.15, -0.1) is 13.2 Å². The Balaban J connectivity index is 1.32. The molecule has 3 rings (SSSR count). The van der Waals surface area contributed by atoms with Crippen LogP contribution in [0.1, 0.15) is 45.5 Å². The molecule has 0 saturated heterocycles. The number of rotatable bonds is 12. The number of unbranched alkanes of at least 4 members (excludes halogenated alkanes) is 2. The van der Waals surface area contributed by atoms with E-state index in [4.69, 9.17) is 25.7 Å². The summed E-state index contributed by atoms with van der Waals surface area (Å²) in [7, 11) is 0. The molecule has 0 aliphatic heterocycles. The van der Waals surface area contributed by atoms with Crippen LogP contribution in [0.4, 0.5) is 24.5 Å². The third-order valence-corrected chi connectivity index (χ3v) is 5.31. The Morgan fingerprint density at radius 1 is 0.707 bits per heavy atom. The lowest BCUT2D eigenvalue weighted by Crippen LogP contribution is -2.17. The van der Waals surface area contributed by atoms with Gasteiger partial charge >= 0.3 is 24.3 Å². The maximum absolute atomic E-state index is 12.2. The Bertz CT molecular complexity index is 1350. The summed E-state index contributed by atoms with van der Waals surface area (Å²) in [5.74, 6) is -2.07.